The molecule has 2 aromatic carbocycles. The molecule has 0 fully saturated rings. The fraction of sp³-hybridized carbons (Fsp3) is 0.250. The number of oxazole rings is 1. The number of carbonyl (C=O) groups is 3. The van der Waals surface area contributed by atoms with Gasteiger partial charge in [0.2, 0.25) is 5.89 Å². The molecular formula is C24H22FN3O6. The fourth-order valence-electron chi connectivity index (χ4n) is 3.30. The SMILES string of the molecule is CC(C)NC(=O)c1coc(CN2C(=O)COc3ccc(C(=O)COc4ccccc4F)cc32)n1. The summed E-state index contributed by atoms with van der Waals surface area (Å²) < 4.78 is 29.9. The molecule has 1 aromatic heterocycles. The van der Waals surface area contributed by atoms with Crippen LogP contribution in [-0.4, -0.2) is 41.8 Å². The average molecular weight is 467 g/mol. The van der Waals surface area contributed by atoms with E-state index in [-0.39, 0.29) is 60.5 Å². The second kappa shape index (κ2) is 9.74. The van der Waals surface area contributed by atoms with Crippen molar-refractivity contribution in [2.45, 2.75) is 26.4 Å². The molecule has 0 atom stereocenters. The van der Waals surface area contributed by atoms with Crippen LogP contribution in [0.15, 0.2) is 53.1 Å². The lowest BCUT2D eigenvalue weighted by molar-refractivity contribution is -0.121. The van der Waals surface area contributed by atoms with Gasteiger partial charge in [0.25, 0.3) is 11.8 Å². The average Bonchev–Trinajstić information content (AvgIpc) is 3.28. The number of rotatable bonds is 8. The van der Waals surface area contributed by atoms with E-state index in [2.05, 4.69) is 10.3 Å². The molecule has 4 rings (SSSR count). The van der Waals surface area contributed by atoms with Crippen LogP contribution in [0.25, 0.3) is 0 Å². The van der Waals surface area contributed by atoms with Crippen LogP contribution >= 0.6 is 0 Å². The Morgan fingerprint density at radius 1 is 1.24 bits per heavy atom. The minimum atomic E-state index is -0.571. The number of fused-ring (bicyclic) bond motifs is 1. The van der Waals surface area contributed by atoms with Crippen molar-refractivity contribution in [1.29, 1.82) is 0 Å². The van der Waals surface area contributed by atoms with E-state index in [1.54, 1.807) is 18.2 Å². The molecule has 0 bridgehead atoms. The van der Waals surface area contributed by atoms with Crippen molar-refractivity contribution in [3.05, 3.63) is 71.7 Å². The molecule has 0 saturated carbocycles. The van der Waals surface area contributed by atoms with Gasteiger partial charge in [-0.15, -0.1) is 0 Å². The van der Waals surface area contributed by atoms with Gasteiger partial charge in [-0.25, -0.2) is 9.37 Å². The number of para-hydroxylation sites is 1. The van der Waals surface area contributed by atoms with Gasteiger partial charge >= 0.3 is 0 Å². The normalized spacial score (nSPS) is 12.8. The van der Waals surface area contributed by atoms with Gasteiger partial charge in [0, 0.05) is 11.6 Å². The van der Waals surface area contributed by atoms with E-state index >= 15 is 0 Å². The molecule has 10 heteroatoms. The van der Waals surface area contributed by atoms with Gasteiger partial charge in [0.15, 0.2) is 36.3 Å². The minimum absolute atomic E-state index is 0.0323. The van der Waals surface area contributed by atoms with Gasteiger partial charge in [0.1, 0.15) is 18.6 Å². The summed E-state index contributed by atoms with van der Waals surface area (Å²) in [6, 6.07) is 10.3. The van der Waals surface area contributed by atoms with Crippen molar-refractivity contribution in [3.63, 3.8) is 0 Å². The zero-order valence-corrected chi connectivity index (χ0v) is 18.5. The largest absolute Gasteiger partial charge is 0.482 e. The van der Waals surface area contributed by atoms with Gasteiger partial charge < -0.3 is 19.2 Å². The number of anilines is 1. The van der Waals surface area contributed by atoms with E-state index < -0.39 is 11.6 Å². The molecule has 176 valence electrons. The van der Waals surface area contributed by atoms with Crippen molar-refractivity contribution in [2.24, 2.45) is 0 Å². The number of ether oxygens (including phenoxy) is 2. The van der Waals surface area contributed by atoms with Gasteiger partial charge in [-0.2, -0.15) is 0 Å². The number of halogens is 1. The zero-order valence-electron chi connectivity index (χ0n) is 18.5. The number of aromatic nitrogens is 1. The van der Waals surface area contributed by atoms with Crippen molar-refractivity contribution in [3.8, 4) is 11.5 Å². The van der Waals surface area contributed by atoms with Gasteiger partial charge in [-0.05, 0) is 44.2 Å². The Bertz CT molecular complexity index is 1240. The van der Waals surface area contributed by atoms with Crippen LogP contribution < -0.4 is 19.7 Å². The summed E-state index contributed by atoms with van der Waals surface area (Å²) in [5, 5.41) is 2.71. The Labute approximate surface area is 194 Å². The number of nitrogens with one attached hydrogen (secondary N) is 1. The predicted octanol–water partition coefficient (Wildman–Crippen LogP) is 3.14. The number of hydrogen-bond donors (Lipinski definition) is 1. The van der Waals surface area contributed by atoms with E-state index in [0.717, 1.165) is 0 Å². The second-order valence-electron chi connectivity index (χ2n) is 7.85. The van der Waals surface area contributed by atoms with Crippen LogP contribution in [0.2, 0.25) is 0 Å². The maximum atomic E-state index is 13.7. The third-order valence-electron chi connectivity index (χ3n) is 4.92. The fourth-order valence-corrected chi connectivity index (χ4v) is 3.30. The first-order chi connectivity index (χ1) is 16.3. The maximum Gasteiger partial charge on any atom is 0.273 e. The third kappa shape index (κ3) is 5.06. The summed E-state index contributed by atoms with van der Waals surface area (Å²) >= 11 is 0. The maximum absolute atomic E-state index is 13.7. The zero-order chi connectivity index (χ0) is 24.2. The molecule has 3 aromatic rings. The number of ketones is 1. The Morgan fingerprint density at radius 2 is 2.03 bits per heavy atom. The first kappa shape index (κ1) is 23.0. The minimum Gasteiger partial charge on any atom is -0.482 e. The number of amides is 2. The molecule has 0 saturated heterocycles. The van der Waals surface area contributed by atoms with Gasteiger partial charge in [-0.1, -0.05) is 12.1 Å². The molecule has 1 N–H and O–H groups in total. The number of carbonyl (C=O) groups excluding carboxylic acids is 3. The molecule has 0 unspecified atom stereocenters. The van der Waals surface area contributed by atoms with Gasteiger partial charge in [-0.3, -0.25) is 19.3 Å². The van der Waals surface area contributed by atoms with Crippen LogP contribution in [0.3, 0.4) is 0 Å². The Balaban J connectivity index is 1.51. The lowest BCUT2D eigenvalue weighted by Gasteiger charge is -2.28. The lowest BCUT2D eigenvalue weighted by Crippen LogP contribution is -2.38. The first-order valence-electron chi connectivity index (χ1n) is 10.5. The first-order valence-corrected chi connectivity index (χ1v) is 10.5. The monoisotopic (exact) mass is 467 g/mol. The molecular weight excluding hydrogens is 445 g/mol. The van der Waals surface area contributed by atoms with Crippen molar-refractivity contribution in [1.82, 2.24) is 10.3 Å². The molecule has 2 heterocycles. The standard InChI is InChI=1S/C24H22FN3O6/c1-14(2)26-24(31)17-11-34-22(27-17)10-28-18-9-15(7-8-21(18)33-13-23(28)30)19(29)12-32-20-6-4-3-5-16(20)25/h3-9,11,14H,10,12-13H2,1-2H3,(H,26,31). The molecule has 34 heavy (non-hydrogen) atoms. The summed E-state index contributed by atoms with van der Waals surface area (Å²) in [5.41, 5.74) is 0.695. The Hall–Kier alpha value is -4.21. The van der Waals surface area contributed by atoms with E-state index in [1.807, 2.05) is 13.8 Å². The highest BCUT2D eigenvalue weighted by atomic mass is 19.1. The topological polar surface area (TPSA) is 111 Å². The highest BCUT2D eigenvalue weighted by Gasteiger charge is 2.28. The molecule has 2 amide bonds. The molecule has 0 spiro atoms. The second-order valence-corrected chi connectivity index (χ2v) is 7.85. The highest BCUT2D eigenvalue weighted by Crippen LogP contribution is 2.34. The molecule has 0 aliphatic carbocycles. The molecule has 1 aliphatic rings. The van der Waals surface area contributed by atoms with Crippen molar-refractivity contribution in [2.75, 3.05) is 18.1 Å². The van der Waals surface area contributed by atoms with Crippen LogP contribution in [0.4, 0.5) is 10.1 Å². The van der Waals surface area contributed by atoms with E-state index in [9.17, 15) is 18.8 Å². The Kier molecular flexibility index (Phi) is 6.58. The Morgan fingerprint density at radius 3 is 2.79 bits per heavy atom. The number of nitrogens with zero attached hydrogens (tertiary/aromatic N) is 2. The summed E-state index contributed by atoms with van der Waals surface area (Å²) in [7, 11) is 0. The van der Waals surface area contributed by atoms with Crippen molar-refractivity contribution >= 4 is 23.3 Å². The van der Waals surface area contributed by atoms with Gasteiger partial charge in [0.05, 0.1) is 5.69 Å². The van der Waals surface area contributed by atoms with Crippen LogP contribution in [0.5, 0.6) is 11.5 Å². The number of Topliss-reactive ketones (excluding diaryl/α,β-unsaturated/α-hetero) is 1. The molecule has 0 radical (unpaired) electrons. The van der Waals surface area contributed by atoms with Crippen LogP contribution in [0, 0.1) is 5.82 Å². The lowest BCUT2D eigenvalue weighted by atomic mass is 10.1. The number of hydrogen-bond acceptors (Lipinski definition) is 7. The summed E-state index contributed by atoms with van der Waals surface area (Å²) in [6.07, 6.45) is 1.22. The third-order valence-corrected chi connectivity index (χ3v) is 4.92. The van der Waals surface area contributed by atoms with Crippen molar-refractivity contribution < 1.29 is 32.7 Å². The summed E-state index contributed by atoms with van der Waals surface area (Å²) in [6.45, 7) is 3.00. The predicted molar refractivity (Wildman–Crippen MR) is 118 cm³/mol. The van der Waals surface area contributed by atoms with Crippen LogP contribution in [0.1, 0.15) is 40.6 Å². The molecule has 9 nitrogen and oxygen atoms in total. The smallest absolute Gasteiger partial charge is 0.273 e. The van der Waals surface area contributed by atoms with Crippen LogP contribution in [-0.2, 0) is 11.3 Å². The molecule has 1 aliphatic heterocycles. The quantitative estimate of drug-likeness (QED) is 0.507. The summed E-state index contributed by atoms with van der Waals surface area (Å²) in [4.78, 5) is 42.9. The number of benzene rings is 2. The van der Waals surface area contributed by atoms with E-state index in [1.165, 1.54) is 35.4 Å². The van der Waals surface area contributed by atoms with E-state index in [4.69, 9.17) is 13.9 Å². The highest BCUT2D eigenvalue weighted by molar-refractivity contribution is 6.02. The van der Waals surface area contributed by atoms with E-state index in [0.29, 0.717) is 11.4 Å². The summed E-state index contributed by atoms with van der Waals surface area (Å²) in [5.74, 6) is -1.22.